The standard InChI is InChI=1S/C9H18N2O3/c1-5(2)4-7(9(13)14)11-8(12)6(3)10/h5-7H,4,10H2,1-3H3,(H,11,12)(H,13,14)/t6-,7-/m0/s1/i9+1. The Balaban J connectivity index is 4.23. The van der Waals surface area contributed by atoms with E-state index in [1.54, 1.807) is 0 Å². The van der Waals surface area contributed by atoms with Crippen molar-refractivity contribution < 1.29 is 14.7 Å². The van der Waals surface area contributed by atoms with Crippen LogP contribution in [0, 0.1) is 5.92 Å². The molecule has 14 heavy (non-hydrogen) atoms. The van der Waals surface area contributed by atoms with Crippen molar-refractivity contribution in [2.45, 2.75) is 39.3 Å². The van der Waals surface area contributed by atoms with Crippen LogP contribution in [0.5, 0.6) is 0 Å². The zero-order valence-corrected chi connectivity index (χ0v) is 8.78. The molecule has 0 saturated heterocycles. The number of rotatable bonds is 5. The quantitative estimate of drug-likeness (QED) is 0.546. The molecule has 2 atom stereocenters. The lowest BCUT2D eigenvalue weighted by atomic mass is 10.1. The highest BCUT2D eigenvalue weighted by Crippen LogP contribution is 2.04. The van der Waals surface area contributed by atoms with Gasteiger partial charge < -0.3 is 16.2 Å². The van der Waals surface area contributed by atoms with Gasteiger partial charge in [-0.1, -0.05) is 13.8 Å². The second-order valence-electron chi connectivity index (χ2n) is 3.82. The molecular formula is C9H18N2O3. The van der Waals surface area contributed by atoms with E-state index in [9.17, 15) is 9.59 Å². The zero-order chi connectivity index (χ0) is 11.3. The smallest absolute Gasteiger partial charge is 0.326 e. The number of carboxylic acids is 1. The largest absolute Gasteiger partial charge is 0.480 e. The van der Waals surface area contributed by atoms with Crippen molar-refractivity contribution in [1.82, 2.24) is 5.32 Å². The number of aliphatic carboxylic acids is 1. The second kappa shape index (κ2) is 5.59. The summed E-state index contributed by atoms with van der Waals surface area (Å²) in [5.74, 6) is -1.24. The number of carbonyl (C=O) groups excluding carboxylic acids is 1. The molecule has 0 aliphatic heterocycles. The SMILES string of the molecule is CC(C)C[C@H](NC(=O)[C@H](C)N)[13C](=O)O. The number of hydrogen-bond acceptors (Lipinski definition) is 3. The minimum Gasteiger partial charge on any atom is -0.480 e. The molecule has 82 valence electrons. The van der Waals surface area contributed by atoms with Crippen LogP contribution in [0.4, 0.5) is 0 Å². The molecular weight excluding hydrogens is 185 g/mol. The van der Waals surface area contributed by atoms with Crippen molar-refractivity contribution in [3.05, 3.63) is 0 Å². The van der Waals surface area contributed by atoms with Gasteiger partial charge in [-0.05, 0) is 19.3 Å². The molecule has 5 heteroatoms. The van der Waals surface area contributed by atoms with Gasteiger partial charge in [-0.25, -0.2) is 4.79 Å². The average Bonchev–Trinajstić information content (AvgIpc) is 2.01. The van der Waals surface area contributed by atoms with E-state index in [-0.39, 0.29) is 5.92 Å². The molecule has 0 unspecified atom stereocenters. The highest BCUT2D eigenvalue weighted by molar-refractivity contribution is 5.86. The minimum atomic E-state index is -1.02. The maximum absolute atomic E-state index is 11.1. The van der Waals surface area contributed by atoms with Gasteiger partial charge in [0.2, 0.25) is 5.91 Å². The van der Waals surface area contributed by atoms with Gasteiger partial charge in [0.15, 0.2) is 0 Å². The van der Waals surface area contributed by atoms with Gasteiger partial charge in [-0.3, -0.25) is 4.79 Å². The molecule has 0 bridgehead atoms. The maximum Gasteiger partial charge on any atom is 0.326 e. The van der Waals surface area contributed by atoms with E-state index in [1.807, 2.05) is 13.8 Å². The average molecular weight is 203 g/mol. The molecule has 5 nitrogen and oxygen atoms in total. The first-order valence-corrected chi connectivity index (χ1v) is 4.63. The normalized spacial score (nSPS) is 14.9. The number of nitrogens with one attached hydrogen (secondary N) is 1. The third-order valence-corrected chi connectivity index (χ3v) is 1.74. The summed E-state index contributed by atoms with van der Waals surface area (Å²) in [5, 5.41) is 11.2. The molecule has 0 rings (SSSR count). The van der Waals surface area contributed by atoms with E-state index in [0.29, 0.717) is 6.42 Å². The van der Waals surface area contributed by atoms with E-state index in [1.165, 1.54) is 6.92 Å². The third kappa shape index (κ3) is 4.81. The molecule has 0 heterocycles. The van der Waals surface area contributed by atoms with Crippen molar-refractivity contribution in [3.8, 4) is 0 Å². The van der Waals surface area contributed by atoms with Crippen LogP contribution in [0.3, 0.4) is 0 Å². The molecule has 0 fully saturated rings. The molecule has 0 aromatic carbocycles. The summed E-state index contributed by atoms with van der Waals surface area (Å²) in [5.41, 5.74) is 5.31. The Kier molecular flexibility index (Phi) is 5.15. The van der Waals surface area contributed by atoms with Crippen LogP contribution in [0.25, 0.3) is 0 Å². The van der Waals surface area contributed by atoms with Crippen molar-refractivity contribution in [3.63, 3.8) is 0 Å². The molecule has 0 aliphatic carbocycles. The fourth-order valence-corrected chi connectivity index (χ4v) is 0.996. The molecule has 4 N–H and O–H groups in total. The lowest BCUT2D eigenvalue weighted by Gasteiger charge is -2.17. The van der Waals surface area contributed by atoms with E-state index in [4.69, 9.17) is 10.8 Å². The first-order valence-electron chi connectivity index (χ1n) is 4.63. The summed E-state index contributed by atoms with van der Waals surface area (Å²) in [6.07, 6.45) is 0.411. The highest BCUT2D eigenvalue weighted by Gasteiger charge is 2.22. The highest BCUT2D eigenvalue weighted by atomic mass is 16.5. The van der Waals surface area contributed by atoms with E-state index in [2.05, 4.69) is 5.32 Å². The number of hydrogen-bond donors (Lipinski definition) is 3. The summed E-state index contributed by atoms with van der Waals surface area (Å²) in [7, 11) is 0. The molecule has 0 radical (unpaired) electrons. The summed E-state index contributed by atoms with van der Waals surface area (Å²) in [4.78, 5) is 21.9. The van der Waals surface area contributed by atoms with Crippen molar-refractivity contribution in [2.75, 3.05) is 0 Å². The fourth-order valence-electron chi connectivity index (χ4n) is 0.996. The Morgan fingerprint density at radius 1 is 1.36 bits per heavy atom. The summed E-state index contributed by atoms with van der Waals surface area (Å²) < 4.78 is 0. The Hall–Kier alpha value is -1.10. The van der Waals surface area contributed by atoms with Gasteiger partial charge in [0, 0.05) is 0 Å². The first-order chi connectivity index (χ1) is 6.34. The van der Waals surface area contributed by atoms with Gasteiger partial charge in [-0.15, -0.1) is 0 Å². The summed E-state index contributed by atoms with van der Waals surface area (Å²) in [6.45, 7) is 5.31. The first kappa shape index (κ1) is 12.9. The topological polar surface area (TPSA) is 92.4 Å². The number of nitrogens with two attached hydrogens (primary N) is 1. The Morgan fingerprint density at radius 3 is 2.14 bits per heavy atom. The molecule has 1 amide bonds. The molecule has 0 saturated carbocycles. The van der Waals surface area contributed by atoms with Crippen LogP contribution in [0.15, 0.2) is 0 Å². The summed E-state index contributed by atoms with van der Waals surface area (Å²) >= 11 is 0. The fraction of sp³-hybridized carbons (Fsp3) is 0.778. The lowest BCUT2D eigenvalue weighted by Crippen LogP contribution is -2.47. The van der Waals surface area contributed by atoms with E-state index in [0.717, 1.165) is 0 Å². The van der Waals surface area contributed by atoms with Crippen molar-refractivity contribution in [2.24, 2.45) is 11.7 Å². The minimum absolute atomic E-state index is 0.212. The number of carbonyl (C=O) groups is 2. The van der Waals surface area contributed by atoms with Crippen LogP contribution in [0.2, 0.25) is 0 Å². The number of amides is 1. The second-order valence-corrected chi connectivity index (χ2v) is 3.82. The van der Waals surface area contributed by atoms with Crippen molar-refractivity contribution in [1.29, 1.82) is 0 Å². The zero-order valence-electron chi connectivity index (χ0n) is 8.78. The van der Waals surface area contributed by atoms with Gasteiger partial charge in [0.05, 0.1) is 6.04 Å². The third-order valence-electron chi connectivity index (χ3n) is 1.74. The maximum atomic E-state index is 11.1. The van der Waals surface area contributed by atoms with Crippen LogP contribution in [0.1, 0.15) is 27.2 Å². The van der Waals surface area contributed by atoms with Crippen LogP contribution in [-0.2, 0) is 9.59 Å². The van der Waals surface area contributed by atoms with Gasteiger partial charge >= 0.3 is 5.97 Å². The van der Waals surface area contributed by atoms with Crippen LogP contribution >= 0.6 is 0 Å². The van der Waals surface area contributed by atoms with E-state index >= 15 is 0 Å². The monoisotopic (exact) mass is 203 g/mol. The predicted octanol–water partition coefficient (Wildman–Crippen LogP) is -0.0509. The van der Waals surface area contributed by atoms with E-state index < -0.39 is 24.0 Å². The molecule has 0 aliphatic rings. The predicted molar refractivity (Wildman–Crippen MR) is 52.7 cm³/mol. The van der Waals surface area contributed by atoms with Gasteiger partial charge in [0.25, 0.3) is 0 Å². The van der Waals surface area contributed by atoms with Gasteiger partial charge in [0.1, 0.15) is 6.04 Å². The Morgan fingerprint density at radius 2 is 1.86 bits per heavy atom. The van der Waals surface area contributed by atoms with Crippen LogP contribution in [-0.4, -0.2) is 29.1 Å². The molecule has 0 aromatic rings. The summed E-state index contributed by atoms with van der Waals surface area (Å²) in [6, 6.07) is -1.52. The Bertz CT molecular complexity index is 214. The van der Waals surface area contributed by atoms with Crippen LogP contribution < -0.4 is 11.1 Å². The lowest BCUT2D eigenvalue weighted by molar-refractivity contribution is -0.142. The van der Waals surface area contributed by atoms with Gasteiger partial charge in [-0.2, -0.15) is 0 Å². The van der Waals surface area contributed by atoms with Crippen molar-refractivity contribution >= 4 is 11.9 Å². The number of carboxylic acid groups (broad SMARTS) is 1. The Labute approximate surface area is 83.7 Å². The molecule has 0 spiro atoms. The molecule has 0 aromatic heterocycles.